The molecule has 1 fully saturated rings. The van der Waals surface area contributed by atoms with Crippen LogP contribution in [0.5, 0.6) is 0 Å². The highest BCUT2D eigenvalue weighted by Crippen LogP contribution is 2.23. The van der Waals surface area contributed by atoms with Crippen molar-refractivity contribution < 1.29 is 12.9 Å². The van der Waals surface area contributed by atoms with Crippen LogP contribution < -0.4 is 5.73 Å². The number of nitrogens with two attached hydrogens (primary N) is 1. The fourth-order valence-electron chi connectivity index (χ4n) is 1.83. The Bertz CT molecular complexity index is 466. The van der Waals surface area contributed by atoms with E-state index in [9.17, 15) is 8.42 Å². The lowest BCUT2D eigenvalue weighted by Crippen LogP contribution is -2.19. The standard InChI is InChI=1S/C9H15N3O3S/c1-6(10)9-11-8(12-15-9)5-7-3-2-4-16(7,13)14/h6-7H,2-5,10H2,1H3. The van der Waals surface area contributed by atoms with Crippen molar-refractivity contribution in [3.63, 3.8) is 0 Å². The second kappa shape index (κ2) is 4.14. The summed E-state index contributed by atoms with van der Waals surface area (Å²) < 4.78 is 28.1. The van der Waals surface area contributed by atoms with Crippen LogP contribution in [0.3, 0.4) is 0 Å². The first kappa shape index (κ1) is 11.5. The van der Waals surface area contributed by atoms with Crippen molar-refractivity contribution >= 4 is 9.84 Å². The molecule has 0 aliphatic carbocycles. The van der Waals surface area contributed by atoms with Crippen molar-refractivity contribution in [2.24, 2.45) is 5.73 Å². The number of nitrogens with zero attached hydrogens (tertiary/aromatic N) is 2. The normalized spacial score (nSPS) is 25.8. The molecular weight excluding hydrogens is 230 g/mol. The van der Waals surface area contributed by atoms with Crippen LogP contribution in [0, 0.1) is 0 Å². The zero-order valence-corrected chi connectivity index (χ0v) is 9.90. The maximum Gasteiger partial charge on any atom is 0.243 e. The maximum absolute atomic E-state index is 11.6. The van der Waals surface area contributed by atoms with Crippen molar-refractivity contribution in [2.75, 3.05) is 5.75 Å². The Morgan fingerprint density at radius 1 is 1.62 bits per heavy atom. The smallest absolute Gasteiger partial charge is 0.243 e. The highest BCUT2D eigenvalue weighted by Gasteiger charge is 2.32. The monoisotopic (exact) mass is 245 g/mol. The summed E-state index contributed by atoms with van der Waals surface area (Å²) in [5, 5.41) is 3.38. The molecule has 1 saturated heterocycles. The summed E-state index contributed by atoms with van der Waals surface area (Å²) >= 11 is 0. The number of hydrogen-bond acceptors (Lipinski definition) is 6. The topological polar surface area (TPSA) is 99.1 Å². The Morgan fingerprint density at radius 3 is 2.88 bits per heavy atom. The Kier molecular flexibility index (Phi) is 2.98. The zero-order valence-electron chi connectivity index (χ0n) is 9.09. The summed E-state index contributed by atoms with van der Waals surface area (Å²) in [5.74, 6) is 1.06. The van der Waals surface area contributed by atoms with Gasteiger partial charge in [-0.2, -0.15) is 4.98 Å². The molecule has 0 spiro atoms. The summed E-state index contributed by atoms with van der Waals surface area (Å²) in [7, 11) is -2.95. The predicted octanol–water partition coefficient (Wildman–Crippen LogP) is 0.209. The molecular formula is C9H15N3O3S. The average molecular weight is 245 g/mol. The van der Waals surface area contributed by atoms with E-state index in [1.54, 1.807) is 6.92 Å². The van der Waals surface area contributed by atoms with Gasteiger partial charge in [0.15, 0.2) is 15.7 Å². The molecule has 7 heteroatoms. The lowest BCUT2D eigenvalue weighted by molar-refractivity contribution is 0.357. The predicted molar refractivity (Wildman–Crippen MR) is 57.4 cm³/mol. The zero-order chi connectivity index (χ0) is 11.8. The minimum Gasteiger partial charge on any atom is -0.338 e. The van der Waals surface area contributed by atoms with Gasteiger partial charge in [0.1, 0.15) is 0 Å². The molecule has 0 radical (unpaired) electrons. The summed E-state index contributed by atoms with van der Waals surface area (Å²) in [5.41, 5.74) is 5.57. The van der Waals surface area contributed by atoms with Crippen LogP contribution >= 0.6 is 0 Å². The Morgan fingerprint density at radius 2 is 2.38 bits per heavy atom. The molecule has 1 aromatic heterocycles. The third-order valence-electron chi connectivity index (χ3n) is 2.75. The summed E-state index contributed by atoms with van der Waals surface area (Å²) in [6.45, 7) is 1.74. The van der Waals surface area contributed by atoms with Gasteiger partial charge in [0.05, 0.1) is 17.0 Å². The van der Waals surface area contributed by atoms with Crippen LogP contribution in [0.25, 0.3) is 0 Å². The van der Waals surface area contributed by atoms with E-state index in [0.717, 1.165) is 6.42 Å². The highest BCUT2D eigenvalue weighted by atomic mass is 32.2. The Hall–Kier alpha value is -0.950. The molecule has 1 aliphatic rings. The van der Waals surface area contributed by atoms with E-state index in [1.165, 1.54) is 0 Å². The van der Waals surface area contributed by atoms with E-state index in [2.05, 4.69) is 10.1 Å². The molecule has 2 atom stereocenters. The molecule has 0 bridgehead atoms. The fraction of sp³-hybridized carbons (Fsp3) is 0.778. The minimum absolute atomic E-state index is 0.273. The van der Waals surface area contributed by atoms with Crippen LogP contribution in [0.4, 0.5) is 0 Å². The van der Waals surface area contributed by atoms with E-state index < -0.39 is 9.84 Å². The Labute approximate surface area is 94.1 Å². The van der Waals surface area contributed by atoms with Gasteiger partial charge in [-0.1, -0.05) is 5.16 Å². The average Bonchev–Trinajstić information content (AvgIpc) is 2.75. The van der Waals surface area contributed by atoms with Crippen molar-refractivity contribution in [1.29, 1.82) is 0 Å². The van der Waals surface area contributed by atoms with Gasteiger partial charge in [0.25, 0.3) is 0 Å². The highest BCUT2D eigenvalue weighted by molar-refractivity contribution is 7.92. The first-order valence-corrected chi connectivity index (χ1v) is 7.00. The molecule has 1 aliphatic heterocycles. The molecule has 2 rings (SSSR count). The quantitative estimate of drug-likeness (QED) is 0.817. The van der Waals surface area contributed by atoms with Crippen LogP contribution in [-0.2, 0) is 16.3 Å². The molecule has 2 N–H and O–H groups in total. The van der Waals surface area contributed by atoms with E-state index in [1.807, 2.05) is 0 Å². The number of hydrogen-bond donors (Lipinski definition) is 1. The van der Waals surface area contributed by atoms with Gasteiger partial charge in [0, 0.05) is 6.42 Å². The molecule has 6 nitrogen and oxygen atoms in total. The van der Waals surface area contributed by atoms with Crippen molar-refractivity contribution in [3.05, 3.63) is 11.7 Å². The number of rotatable bonds is 3. The molecule has 2 unspecified atom stereocenters. The molecule has 1 aromatic rings. The molecule has 0 amide bonds. The van der Waals surface area contributed by atoms with E-state index in [4.69, 9.17) is 10.3 Å². The van der Waals surface area contributed by atoms with E-state index >= 15 is 0 Å². The minimum atomic E-state index is -2.95. The Balaban J connectivity index is 2.09. The van der Waals surface area contributed by atoms with Gasteiger partial charge >= 0.3 is 0 Å². The number of sulfone groups is 1. The lowest BCUT2D eigenvalue weighted by atomic mass is 10.2. The first-order chi connectivity index (χ1) is 7.49. The second-order valence-electron chi connectivity index (χ2n) is 4.17. The van der Waals surface area contributed by atoms with Crippen LogP contribution in [-0.4, -0.2) is 29.6 Å². The van der Waals surface area contributed by atoms with E-state index in [0.29, 0.717) is 24.6 Å². The lowest BCUT2D eigenvalue weighted by Gasteiger charge is -2.04. The van der Waals surface area contributed by atoms with Crippen LogP contribution in [0.1, 0.15) is 37.5 Å². The van der Waals surface area contributed by atoms with Crippen LogP contribution in [0.2, 0.25) is 0 Å². The van der Waals surface area contributed by atoms with Gasteiger partial charge in [0.2, 0.25) is 5.89 Å². The van der Waals surface area contributed by atoms with Gasteiger partial charge in [-0.05, 0) is 19.8 Å². The van der Waals surface area contributed by atoms with Gasteiger partial charge in [-0.25, -0.2) is 8.42 Å². The summed E-state index contributed by atoms with van der Waals surface area (Å²) in [4.78, 5) is 4.07. The van der Waals surface area contributed by atoms with Gasteiger partial charge < -0.3 is 10.3 Å². The molecule has 16 heavy (non-hydrogen) atoms. The third-order valence-corrected chi connectivity index (χ3v) is 5.02. The summed E-state index contributed by atoms with van der Waals surface area (Å²) in [6, 6.07) is -0.318. The largest absolute Gasteiger partial charge is 0.338 e. The van der Waals surface area contributed by atoms with Crippen molar-refractivity contribution in [2.45, 2.75) is 37.5 Å². The SMILES string of the molecule is CC(N)c1nc(CC2CCCS2(=O)=O)no1. The molecule has 0 saturated carbocycles. The van der Waals surface area contributed by atoms with Crippen molar-refractivity contribution in [3.8, 4) is 0 Å². The van der Waals surface area contributed by atoms with Crippen molar-refractivity contribution in [1.82, 2.24) is 10.1 Å². The number of aromatic nitrogens is 2. The maximum atomic E-state index is 11.6. The second-order valence-corrected chi connectivity index (χ2v) is 6.57. The van der Waals surface area contributed by atoms with Crippen LogP contribution in [0.15, 0.2) is 4.52 Å². The fourth-order valence-corrected chi connectivity index (χ4v) is 3.66. The first-order valence-electron chi connectivity index (χ1n) is 5.28. The summed E-state index contributed by atoms with van der Waals surface area (Å²) in [6.07, 6.45) is 1.74. The van der Waals surface area contributed by atoms with E-state index in [-0.39, 0.29) is 17.0 Å². The van der Waals surface area contributed by atoms with Gasteiger partial charge in [-0.3, -0.25) is 0 Å². The third kappa shape index (κ3) is 2.25. The molecule has 90 valence electrons. The van der Waals surface area contributed by atoms with Gasteiger partial charge in [-0.15, -0.1) is 0 Å². The molecule has 0 aromatic carbocycles. The molecule has 2 heterocycles.